The molecular formula is C8H8F2N2O. The van der Waals surface area contributed by atoms with E-state index >= 15 is 0 Å². The topological polar surface area (TPSA) is 33.2 Å². The van der Waals surface area contributed by atoms with E-state index in [0.29, 0.717) is 0 Å². The SMILES string of the molecule is CN(C)C(=O)c1ccc(F)nc1F. The molecule has 0 aromatic carbocycles. The van der Waals surface area contributed by atoms with Crippen molar-refractivity contribution >= 4 is 5.91 Å². The zero-order valence-electron chi connectivity index (χ0n) is 7.21. The first-order chi connectivity index (χ1) is 6.02. The number of carbonyl (C=O) groups excluding carboxylic acids is 1. The molecule has 1 amide bonds. The van der Waals surface area contributed by atoms with Gasteiger partial charge in [-0.3, -0.25) is 4.79 Å². The number of nitrogens with zero attached hydrogens (tertiary/aromatic N) is 2. The summed E-state index contributed by atoms with van der Waals surface area (Å²) < 4.78 is 25.2. The highest BCUT2D eigenvalue weighted by molar-refractivity contribution is 5.93. The summed E-state index contributed by atoms with van der Waals surface area (Å²) in [5.41, 5.74) is -0.230. The molecule has 1 rings (SSSR count). The summed E-state index contributed by atoms with van der Waals surface area (Å²) in [5.74, 6) is -2.56. The Hall–Kier alpha value is -1.52. The van der Waals surface area contributed by atoms with E-state index in [1.165, 1.54) is 19.0 Å². The number of halogens is 2. The fourth-order valence-electron chi connectivity index (χ4n) is 0.813. The van der Waals surface area contributed by atoms with Gasteiger partial charge in [0.15, 0.2) is 0 Å². The second-order valence-electron chi connectivity index (χ2n) is 2.67. The highest BCUT2D eigenvalue weighted by atomic mass is 19.1. The molecule has 0 radical (unpaired) electrons. The highest BCUT2D eigenvalue weighted by Gasteiger charge is 2.14. The van der Waals surface area contributed by atoms with Crippen molar-refractivity contribution in [2.24, 2.45) is 0 Å². The first-order valence-corrected chi connectivity index (χ1v) is 3.56. The predicted octanol–water partition coefficient (Wildman–Crippen LogP) is 1.06. The van der Waals surface area contributed by atoms with Gasteiger partial charge in [0.2, 0.25) is 11.9 Å². The molecule has 3 nitrogen and oxygen atoms in total. The molecule has 1 heterocycles. The van der Waals surface area contributed by atoms with Gasteiger partial charge in [-0.2, -0.15) is 13.8 Å². The standard InChI is InChI=1S/C8H8F2N2O/c1-12(2)8(13)5-3-4-6(9)11-7(5)10/h3-4H,1-2H3. The smallest absolute Gasteiger partial charge is 0.257 e. The van der Waals surface area contributed by atoms with E-state index < -0.39 is 17.8 Å². The second kappa shape index (κ2) is 3.47. The maximum absolute atomic E-state index is 12.9. The number of hydrogen-bond acceptors (Lipinski definition) is 2. The van der Waals surface area contributed by atoms with Crippen LogP contribution in [0.4, 0.5) is 8.78 Å². The van der Waals surface area contributed by atoms with Crippen molar-refractivity contribution in [3.63, 3.8) is 0 Å². The van der Waals surface area contributed by atoms with Crippen LogP contribution in [0.5, 0.6) is 0 Å². The molecule has 0 N–H and O–H groups in total. The molecule has 0 saturated heterocycles. The van der Waals surface area contributed by atoms with E-state index in [1.807, 2.05) is 0 Å². The molecule has 0 aliphatic rings. The maximum Gasteiger partial charge on any atom is 0.257 e. The fourth-order valence-corrected chi connectivity index (χ4v) is 0.813. The predicted molar refractivity (Wildman–Crippen MR) is 42.2 cm³/mol. The van der Waals surface area contributed by atoms with Crippen LogP contribution in [0.15, 0.2) is 12.1 Å². The molecule has 0 saturated carbocycles. The molecule has 1 aromatic heterocycles. The molecule has 0 aliphatic carbocycles. The third-order valence-electron chi connectivity index (χ3n) is 1.45. The van der Waals surface area contributed by atoms with Crippen LogP contribution < -0.4 is 0 Å². The molecule has 1 aromatic rings. The van der Waals surface area contributed by atoms with E-state index in [4.69, 9.17) is 0 Å². The zero-order valence-corrected chi connectivity index (χ0v) is 7.21. The van der Waals surface area contributed by atoms with E-state index in [-0.39, 0.29) is 5.56 Å². The van der Waals surface area contributed by atoms with Crippen molar-refractivity contribution < 1.29 is 13.6 Å². The highest BCUT2D eigenvalue weighted by Crippen LogP contribution is 2.07. The summed E-state index contributed by atoms with van der Waals surface area (Å²) in [6.45, 7) is 0. The van der Waals surface area contributed by atoms with E-state index in [1.54, 1.807) is 0 Å². The van der Waals surface area contributed by atoms with Crippen LogP contribution in [-0.4, -0.2) is 29.9 Å². The average Bonchev–Trinajstić information content (AvgIpc) is 2.03. The van der Waals surface area contributed by atoms with Crippen LogP contribution in [0.25, 0.3) is 0 Å². The molecule has 0 atom stereocenters. The third-order valence-corrected chi connectivity index (χ3v) is 1.45. The Morgan fingerprint density at radius 2 is 2.00 bits per heavy atom. The van der Waals surface area contributed by atoms with Gasteiger partial charge in [0.1, 0.15) is 0 Å². The fraction of sp³-hybridized carbons (Fsp3) is 0.250. The number of rotatable bonds is 1. The van der Waals surface area contributed by atoms with Crippen molar-refractivity contribution in [1.82, 2.24) is 9.88 Å². The van der Waals surface area contributed by atoms with Gasteiger partial charge in [0, 0.05) is 14.1 Å². The van der Waals surface area contributed by atoms with Gasteiger partial charge in [0.25, 0.3) is 5.91 Å². The summed E-state index contributed by atoms with van der Waals surface area (Å²) in [4.78, 5) is 15.3. The van der Waals surface area contributed by atoms with Crippen LogP contribution in [0, 0.1) is 11.9 Å². The van der Waals surface area contributed by atoms with Crippen molar-refractivity contribution in [2.45, 2.75) is 0 Å². The Labute approximate surface area is 74.0 Å². The normalized spacial score (nSPS) is 9.85. The lowest BCUT2D eigenvalue weighted by Gasteiger charge is -2.09. The van der Waals surface area contributed by atoms with Gasteiger partial charge in [0.05, 0.1) is 5.56 Å². The Morgan fingerprint density at radius 1 is 1.38 bits per heavy atom. The minimum absolute atomic E-state index is 0.230. The molecule has 0 spiro atoms. The lowest BCUT2D eigenvalue weighted by atomic mass is 10.2. The Balaban J connectivity index is 3.09. The first kappa shape index (κ1) is 9.57. The van der Waals surface area contributed by atoms with Crippen molar-refractivity contribution in [1.29, 1.82) is 0 Å². The Morgan fingerprint density at radius 3 is 2.46 bits per heavy atom. The summed E-state index contributed by atoms with van der Waals surface area (Å²) in [6, 6.07) is 2.01. The van der Waals surface area contributed by atoms with Crippen LogP contribution in [0.2, 0.25) is 0 Å². The van der Waals surface area contributed by atoms with Gasteiger partial charge in [-0.25, -0.2) is 0 Å². The molecule has 5 heteroatoms. The van der Waals surface area contributed by atoms with Gasteiger partial charge in [-0.15, -0.1) is 0 Å². The second-order valence-corrected chi connectivity index (χ2v) is 2.67. The molecule has 13 heavy (non-hydrogen) atoms. The molecular weight excluding hydrogens is 178 g/mol. The summed E-state index contributed by atoms with van der Waals surface area (Å²) in [7, 11) is 2.95. The molecule has 0 aliphatic heterocycles. The van der Waals surface area contributed by atoms with Crippen molar-refractivity contribution in [2.75, 3.05) is 14.1 Å². The van der Waals surface area contributed by atoms with Crippen LogP contribution in [0.1, 0.15) is 10.4 Å². The molecule has 0 unspecified atom stereocenters. The average molecular weight is 186 g/mol. The minimum Gasteiger partial charge on any atom is -0.345 e. The number of carbonyl (C=O) groups is 1. The molecule has 70 valence electrons. The van der Waals surface area contributed by atoms with E-state index in [0.717, 1.165) is 12.1 Å². The number of aromatic nitrogens is 1. The number of hydrogen-bond donors (Lipinski definition) is 0. The van der Waals surface area contributed by atoms with Crippen LogP contribution in [-0.2, 0) is 0 Å². The first-order valence-electron chi connectivity index (χ1n) is 3.56. The van der Waals surface area contributed by atoms with Crippen molar-refractivity contribution in [3.8, 4) is 0 Å². The molecule has 0 bridgehead atoms. The summed E-state index contributed by atoms with van der Waals surface area (Å²) >= 11 is 0. The largest absolute Gasteiger partial charge is 0.345 e. The number of pyridine rings is 1. The number of amides is 1. The van der Waals surface area contributed by atoms with Gasteiger partial charge >= 0.3 is 0 Å². The minimum atomic E-state index is -1.08. The quantitative estimate of drug-likeness (QED) is 0.614. The van der Waals surface area contributed by atoms with Crippen molar-refractivity contribution in [3.05, 3.63) is 29.6 Å². The molecule has 0 fully saturated rings. The summed E-state index contributed by atoms with van der Waals surface area (Å²) in [5, 5.41) is 0. The monoisotopic (exact) mass is 186 g/mol. The Kier molecular flexibility index (Phi) is 2.55. The van der Waals surface area contributed by atoms with Gasteiger partial charge in [-0.1, -0.05) is 0 Å². The van der Waals surface area contributed by atoms with E-state index in [9.17, 15) is 13.6 Å². The summed E-state index contributed by atoms with van der Waals surface area (Å²) in [6.07, 6.45) is 0. The lowest BCUT2D eigenvalue weighted by molar-refractivity contribution is 0.0822. The van der Waals surface area contributed by atoms with E-state index in [2.05, 4.69) is 4.98 Å². The van der Waals surface area contributed by atoms with Gasteiger partial charge in [-0.05, 0) is 12.1 Å². The zero-order chi connectivity index (χ0) is 10.0. The van der Waals surface area contributed by atoms with Crippen LogP contribution >= 0.6 is 0 Å². The third kappa shape index (κ3) is 1.99. The maximum atomic E-state index is 12.9. The Bertz CT molecular complexity index is 339. The van der Waals surface area contributed by atoms with Gasteiger partial charge < -0.3 is 4.90 Å². The van der Waals surface area contributed by atoms with Crippen LogP contribution in [0.3, 0.4) is 0 Å². The lowest BCUT2D eigenvalue weighted by Crippen LogP contribution is -2.23.